The minimum absolute atomic E-state index is 0.0356. The first-order valence-corrected chi connectivity index (χ1v) is 16.4. The number of pyridine rings is 1. The zero-order chi connectivity index (χ0) is 38.0. The average Bonchev–Trinajstić information content (AvgIpc) is 3.92. The number of rotatable bonds is 15. The lowest BCUT2D eigenvalue weighted by molar-refractivity contribution is -0.154. The van der Waals surface area contributed by atoms with Gasteiger partial charge >= 0.3 is 30.0 Å². The molecule has 278 valence electrons. The molecule has 19 heteroatoms. The van der Waals surface area contributed by atoms with Crippen molar-refractivity contribution >= 4 is 52.9 Å². The molecule has 0 bridgehead atoms. The Morgan fingerprint density at radius 2 is 1.55 bits per heavy atom. The van der Waals surface area contributed by atoms with Crippen molar-refractivity contribution in [3.8, 4) is 6.01 Å². The third-order valence-electron chi connectivity index (χ3n) is 7.79. The van der Waals surface area contributed by atoms with Gasteiger partial charge in [-0.05, 0) is 78.9 Å². The first-order chi connectivity index (χ1) is 25.3. The first-order valence-electron chi connectivity index (χ1n) is 16.0. The van der Waals surface area contributed by atoms with Crippen LogP contribution < -0.4 is 31.3 Å². The number of hydrogen-bond donors (Lipinski definition) is 5. The first kappa shape index (κ1) is 38.2. The number of aromatic nitrogens is 4. The molecular weight excluding hydrogens is 723 g/mol. The highest BCUT2D eigenvalue weighted by molar-refractivity contribution is 6.35. The monoisotopic (exact) mass is 755 g/mol. The number of halogens is 4. The van der Waals surface area contributed by atoms with Gasteiger partial charge in [-0.25, -0.2) is 4.79 Å². The SMILES string of the molecule is COC(=O)[C@H](CNC(=O)C(=O)NCCc1ccncc1)NC(=O)c1ccc(Nc2nc(NC3(c4ccc(Cl)cc4)CC3)nc(OCC(F)(F)F)n2)cc1. The molecule has 5 N–H and O–H groups in total. The van der Waals surface area contributed by atoms with Crippen molar-refractivity contribution in [3.05, 3.63) is 94.8 Å². The number of hydrogen-bond acceptors (Lipinski definition) is 12. The zero-order valence-electron chi connectivity index (χ0n) is 28.0. The second-order valence-electron chi connectivity index (χ2n) is 11.7. The van der Waals surface area contributed by atoms with Gasteiger partial charge in [-0.3, -0.25) is 19.4 Å². The van der Waals surface area contributed by atoms with Crippen molar-refractivity contribution in [1.82, 2.24) is 35.9 Å². The van der Waals surface area contributed by atoms with Crippen molar-refractivity contribution in [2.75, 3.05) is 37.4 Å². The van der Waals surface area contributed by atoms with E-state index in [9.17, 15) is 32.3 Å². The quantitative estimate of drug-likeness (QED) is 0.0877. The van der Waals surface area contributed by atoms with Gasteiger partial charge in [0.05, 0.1) is 12.6 Å². The van der Waals surface area contributed by atoms with Gasteiger partial charge in [-0.1, -0.05) is 23.7 Å². The molecule has 0 radical (unpaired) electrons. The second-order valence-corrected chi connectivity index (χ2v) is 12.1. The van der Waals surface area contributed by atoms with Crippen LogP contribution in [0.4, 0.5) is 30.8 Å². The summed E-state index contributed by atoms with van der Waals surface area (Å²) in [5.74, 6) is -3.71. The number of amides is 3. The van der Waals surface area contributed by atoms with Crippen LogP contribution in [0.5, 0.6) is 6.01 Å². The van der Waals surface area contributed by atoms with Crippen molar-refractivity contribution in [1.29, 1.82) is 0 Å². The summed E-state index contributed by atoms with van der Waals surface area (Å²) in [6.45, 7) is -1.89. The lowest BCUT2D eigenvalue weighted by Crippen LogP contribution is -2.51. The predicted molar refractivity (Wildman–Crippen MR) is 184 cm³/mol. The highest BCUT2D eigenvalue weighted by Crippen LogP contribution is 2.48. The molecule has 3 amide bonds. The molecule has 5 rings (SSSR count). The summed E-state index contributed by atoms with van der Waals surface area (Å²) in [7, 11) is 1.10. The molecule has 15 nitrogen and oxygen atoms in total. The van der Waals surface area contributed by atoms with E-state index in [1.807, 2.05) is 12.1 Å². The molecule has 2 aromatic carbocycles. The van der Waals surface area contributed by atoms with E-state index in [4.69, 9.17) is 21.1 Å². The van der Waals surface area contributed by atoms with E-state index in [1.54, 1.807) is 36.7 Å². The lowest BCUT2D eigenvalue weighted by atomic mass is 10.1. The predicted octanol–water partition coefficient (Wildman–Crippen LogP) is 3.45. The number of nitrogens with one attached hydrogen (secondary N) is 5. The lowest BCUT2D eigenvalue weighted by Gasteiger charge is -2.19. The van der Waals surface area contributed by atoms with Gasteiger partial charge in [0.1, 0.15) is 6.04 Å². The van der Waals surface area contributed by atoms with Gasteiger partial charge < -0.3 is 36.1 Å². The fourth-order valence-electron chi connectivity index (χ4n) is 4.91. The van der Waals surface area contributed by atoms with Crippen LogP contribution in [0.1, 0.15) is 34.3 Å². The number of carbonyl (C=O) groups is 4. The molecule has 0 spiro atoms. The summed E-state index contributed by atoms with van der Waals surface area (Å²) in [5, 5.41) is 13.8. The van der Waals surface area contributed by atoms with Crippen molar-refractivity contribution in [2.24, 2.45) is 0 Å². The Morgan fingerprint density at radius 3 is 2.19 bits per heavy atom. The van der Waals surface area contributed by atoms with Crippen LogP contribution in [0, 0.1) is 0 Å². The van der Waals surface area contributed by atoms with Gasteiger partial charge in [0, 0.05) is 41.8 Å². The summed E-state index contributed by atoms with van der Waals surface area (Å²) in [6.07, 6.45) is 0.449. The van der Waals surface area contributed by atoms with E-state index in [1.165, 1.54) is 24.3 Å². The summed E-state index contributed by atoms with van der Waals surface area (Å²) in [6, 6.07) is 14.4. The molecule has 2 aromatic heterocycles. The van der Waals surface area contributed by atoms with E-state index in [-0.39, 0.29) is 24.0 Å². The molecule has 4 aromatic rings. The number of carbonyl (C=O) groups excluding carboxylic acids is 4. The molecule has 0 aliphatic heterocycles. The van der Waals surface area contributed by atoms with Crippen LogP contribution in [0.25, 0.3) is 0 Å². The highest BCUT2D eigenvalue weighted by atomic mass is 35.5. The van der Waals surface area contributed by atoms with Gasteiger partial charge in [0.15, 0.2) is 6.61 Å². The molecular formula is C34H33ClF3N9O6. The van der Waals surface area contributed by atoms with Crippen LogP contribution in [-0.2, 0) is 31.1 Å². The Morgan fingerprint density at radius 1 is 0.887 bits per heavy atom. The van der Waals surface area contributed by atoms with Crippen molar-refractivity contribution in [2.45, 2.75) is 37.0 Å². The molecule has 1 aliphatic carbocycles. The number of ether oxygens (including phenoxy) is 2. The van der Waals surface area contributed by atoms with E-state index in [0.717, 1.165) is 18.2 Å². The average molecular weight is 756 g/mol. The summed E-state index contributed by atoms with van der Waals surface area (Å²) in [5.41, 5.74) is 1.67. The standard InChI is InChI=1S/C34H33ClF3N9O6/c1-52-29(51)25(18-41-28(50)27(49)40-17-12-20-10-15-39-16-11-20)43-26(48)21-2-8-24(9-3-21)42-30-44-31(46-32(45-30)53-19-34(36,37)38)47-33(13-14-33)22-4-6-23(35)7-5-22/h2-11,15-16,25H,12-14,17-19H2,1H3,(H,40,49)(H,41,50)(H,43,48)(H2,42,44,45,46,47)/t25-/m0/s1. The number of anilines is 3. The fourth-order valence-corrected chi connectivity index (χ4v) is 5.04. The summed E-state index contributed by atoms with van der Waals surface area (Å²) < 4.78 is 48.4. The minimum Gasteiger partial charge on any atom is -0.467 e. The fraction of sp³-hybridized carbons (Fsp3) is 0.294. The van der Waals surface area contributed by atoms with Gasteiger partial charge in [0.25, 0.3) is 5.91 Å². The number of benzene rings is 2. The third-order valence-corrected chi connectivity index (χ3v) is 8.05. The number of esters is 1. The zero-order valence-corrected chi connectivity index (χ0v) is 28.8. The van der Waals surface area contributed by atoms with Crippen LogP contribution in [0.15, 0.2) is 73.1 Å². The van der Waals surface area contributed by atoms with E-state index in [0.29, 0.717) is 30.0 Å². The maximum atomic E-state index is 13.0. The maximum absolute atomic E-state index is 13.0. The Kier molecular flexibility index (Phi) is 12.2. The topological polar surface area (TPSA) is 198 Å². The minimum atomic E-state index is -4.64. The van der Waals surface area contributed by atoms with Crippen LogP contribution in [0.2, 0.25) is 5.02 Å². The molecule has 1 aliphatic rings. The van der Waals surface area contributed by atoms with E-state index in [2.05, 4.69) is 46.5 Å². The molecule has 53 heavy (non-hydrogen) atoms. The molecule has 1 atom stereocenters. The summed E-state index contributed by atoms with van der Waals surface area (Å²) >= 11 is 6.02. The van der Waals surface area contributed by atoms with Gasteiger partial charge in [-0.15, -0.1) is 0 Å². The number of alkyl halides is 3. The Bertz CT molecular complexity index is 1920. The maximum Gasteiger partial charge on any atom is 0.422 e. The highest BCUT2D eigenvalue weighted by Gasteiger charge is 2.45. The largest absolute Gasteiger partial charge is 0.467 e. The third kappa shape index (κ3) is 11.2. The Balaban J connectivity index is 1.20. The van der Waals surface area contributed by atoms with Crippen LogP contribution >= 0.6 is 11.6 Å². The Hall–Kier alpha value is -6.04. The Labute approximate surface area is 305 Å². The van der Waals surface area contributed by atoms with E-state index < -0.39 is 60.6 Å². The number of methoxy groups -OCH3 is 1. The molecule has 0 saturated heterocycles. The number of nitrogens with zero attached hydrogens (tertiary/aromatic N) is 4. The molecule has 1 saturated carbocycles. The normalized spacial score (nSPS) is 13.5. The smallest absolute Gasteiger partial charge is 0.422 e. The van der Waals surface area contributed by atoms with Crippen molar-refractivity contribution in [3.63, 3.8) is 0 Å². The van der Waals surface area contributed by atoms with Crippen LogP contribution in [-0.4, -0.2) is 82.7 Å². The van der Waals surface area contributed by atoms with Gasteiger partial charge in [-0.2, -0.15) is 28.1 Å². The van der Waals surface area contributed by atoms with Crippen LogP contribution in [0.3, 0.4) is 0 Å². The molecule has 1 fully saturated rings. The van der Waals surface area contributed by atoms with Crippen molar-refractivity contribution < 1.29 is 41.8 Å². The second kappa shape index (κ2) is 17.0. The molecule has 0 unspecified atom stereocenters. The molecule has 2 heterocycles. The van der Waals surface area contributed by atoms with E-state index >= 15 is 0 Å². The summed E-state index contributed by atoms with van der Waals surface area (Å²) in [4.78, 5) is 66.2. The van der Waals surface area contributed by atoms with Gasteiger partial charge in [0.2, 0.25) is 11.9 Å².